The standard InChI is InChI=1S/C24H26FN3O3/c1-16(29)27-21-14-18(5-10-26-21)17-3-4-20-19(13-17)23(8-11-31-12-9-23)15-28(20)22(30)24(25)6-2-7-24/h3-5,10,13-14H,2,6-9,11-12,15H2,1H3,(H,26,27,29). The number of alkyl halides is 1. The maximum atomic E-state index is 15.0. The quantitative estimate of drug-likeness (QED) is 0.810. The number of ether oxygens (including phenoxy) is 1. The number of halogens is 1. The highest BCUT2D eigenvalue weighted by Crippen LogP contribution is 2.50. The fraction of sp³-hybridized carbons (Fsp3) is 0.458. The van der Waals surface area contributed by atoms with Crippen molar-refractivity contribution in [2.45, 2.75) is 50.1 Å². The van der Waals surface area contributed by atoms with Crippen LogP contribution in [0.15, 0.2) is 36.5 Å². The lowest BCUT2D eigenvalue weighted by atomic mass is 9.75. The van der Waals surface area contributed by atoms with Gasteiger partial charge in [-0.2, -0.15) is 0 Å². The minimum atomic E-state index is -1.72. The summed E-state index contributed by atoms with van der Waals surface area (Å²) in [6, 6.07) is 9.74. The lowest BCUT2D eigenvalue weighted by Gasteiger charge is -2.37. The van der Waals surface area contributed by atoms with E-state index in [-0.39, 0.29) is 11.3 Å². The average Bonchev–Trinajstić information content (AvgIpc) is 3.05. The zero-order valence-electron chi connectivity index (χ0n) is 17.6. The number of fused-ring (bicyclic) bond motifs is 2. The molecule has 6 nitrogen and oxygen atoms in total. The van der Waals surface area contributed by atoms with Crippen LogP contribution in [-0.2, 0) is 19.7 Å². The van der Waals surface area contributed by atoms with Crippen LogP contribution in [0.3, 0.4) is 0 Å². The van der Waals surface area contributed by atoms with Gasteiger partial charge in [-0.3, -0.25) is 9.59 Å². The van der Waals surface area contributed by atoms with Gasteiger partial charge in [-0.15, -0.1) is 0 Å². The van der Waals surface area contributed by atoms with Crippen LogP contribution in [0.4, 0.5) is 15.9 Å². The second-order valence-corrected chi connectivity index (χ2v) is 8.95. The largest absolute Gasteiger partial charge is 0.381 e. The summed E-state index contributed by atoms with van der Waals surface area (Å²) in [7, 11) is 0. The zero-order chi connectivity index (χ0) is 21.6. The van der Waals surface area contributed by atoms with Crippen LogP contribution in [0, 0.1) is 0 Å². The van der Waals surface area contributed by atoms with Crippen molar-refractivity contribution >= 4 is 23.3 Å². The zero-order valence-corrected chi connectivity index (χ0v) is 17.6. The summed E-state index contributed by atoms with van der Waals surface area (Å²) in [6.45, 7) is 3.22. The Morgan fingerprint density at radius 3 is 2.52 bits per heavy atom. The van der Waals surface area contributed by atoms with Crippen LogP contribution in [0.5, 0.6) is 0 Å². The Bertz CT molecular complexity index is 1040. The Kier molecular flexibility index (Phi) is 4.81. The van der Waals surface area contributed by atoms with Crippen LogP contribution >= 0.6 is 0 Å². The minimum Gasteiger partial charge on any atom is -0.381 e. The molecule has 2 aromatic rings. The number of hydrogen-bond acceptors (Lipinski definition) is 4. The molecule has 0 radical (unpaired) electrons. The van der Waals surface area contributed by atoms with E-state index in [2.05, 4.69) is 16.4 Å². The molecule has 0 atom stereocenters. The summed E-state index contributed by atoms with van der Waals surface area (Å²) in [6.07, 6.45) is 4.67. The highest BCUT2D eigenvalue weighted by atomic mass is 19.1. The molecule has 1 aliphatic carbocycles. The van der Waals surface area contributed by atoms with E-state index in [1.165, 1.54) is 6.92 Å². The number of aromatic nitrogens is 1. The summed E-state index contributed by atoms with van der Waals surface area (Å²) in [4.78, 5) is 30.4. The number of hydrogen-bond donors (Lipinski definition) is 1. The van der Waals surface area contributed by atoms with E-state index < -0.39 is 11.6 Å². The normalized spacial score (nSPS) is 20.8. The molecule has 2 aliphatic heterocycles. The van der Waals surface area contributed by atoms with Crippen LogP contribution in [0.1, 0.15) is 44.6 Å². The second-order valence-electron chi connectivity index (χ2n) is 8.95. The number of benzene rings is 1. The summed E-state index contributed by atoms with van der Waals surface area (Å²) in [5, 5.41) is 2.71. The van der Waals surface area contributed by atoms with Gasteiger partial charge in [0.25, 0.3) is 5.91 Å². The molecule has 2 fully saturated rings. The van der Waals surface area contributed by atoms with Crippen molar-refractivity contribution in [3.63, 3.8) is 0 Å². The van der Waals surface area contributed by atoms with E-state index in [1.807, 2.05) is 24.3 Å². The molecule has 1 saturated heterocycles. The minimum absolute atomic E-state index is 0.176. The van der Waals surface area contributed by atoms with Gasteiger partial charge >= 0.3 is 0 Å². The third kappa shape index (κ3) is 3.41. The van der Waals surface area contributed by atoms with Crippen molar-refractivity contribution in [2.75, 3.05) is 30.0 Å². The van der Waals surface area contributed by atoms with Gasteiger partial charge in [-0.25, -0.2) is 9.37 Å². The molecule has 1 N–H and O–H groups in total. The lowest BCUT2D eigenvalue weighted by Crippen LogP contribution is -2.51. The fourth-order valence-corrected chi connectivity index (χ4v) is 5.02. The predicted octanol–water partition coefficient (Wildman–Crippen LogP) is 3.99. The fourth-order valence-electron chi connectivity index (χ4n) is 5.02. The maximum Gasteiger partial charge on any atom is 0.264 e. The van der Waals surface area contributed by atoms with Crippen LogP contribution in [0.2, 0.25) is 0 Å². The van der Waals surface area contributed by atoms with Gasteiger partial charge < -0.3 is 15.0 Å². The number of carbonyl (C=O) groups excluding carboxylic acids is 2. The van der Waals surface area contributed by atoms with E-state index in [4.69, 9.17) is 4.74 Å². The molecule has 1 spiro atoms. The van der Waals surface area contributed by atoms with Crippen molar-refractivity contribution in [2.24, 2.45) is 0 Å². The van der Waals surface area contributed by atoms with Crippen molar-refractivity contribution in [1.82, 2.24) is 4.98 Å². The Labute approximate surface area is 180 Å². The summed E-state index contributed by atoms with van der Waals surface area (Å²) in [5.41, 5.74) is 1.87. The van der Waals surface area contributed by atoms with Crippen molar-refractivity contribution < 1.29 is 18.7 Å². The summed E-state index contributed by atoms with van der Waals surface area (Å²) in [5.74, 6) is -0.0783. The highest BCUT2D eigenvalue weighted by molar-refractivity contribution is 6.02. The Balaban J connectivity index is 1.55. The number of pyridine rings is 1. The maximum absolute atomic E-state index is 15.0. The van der Waals surface area contributed by atoms with Crippen molar-refractivity contribution in [3.05, 3.63) is 42.1 Å². The Morgan fingerprint density at radius 2 is 1.84 bits per heavy atom. The lowest BCUT2D eigenvalue weighted by molar-refractivity contribution is -0.135. The molecule has 0 unspecified atom stereocenters. The van der Waals surface area contributed by atoms with Crippen molar-refractivity contribution in [1.29, 1.82) is 0 Å². The van der Waals surface area contributed by atoms with Crippen LogP contribution in [0.25, 0.3) is 11.1 Å². The van der Waals surface area contributed by atoms with Gasteiger partial charge in [0.05, 0.1) is 0 Å². The molecule has 162 valence electrons. The molecule has 3 heterocycles. The third-order valence-corrected chi connectivity index (χ3v) is 6.94. The van der Waals surface area contributed by atoms with Gasteiger partial charge in [0.15, 0.2) is 5.67 Å². The molecule has 2 amide bonds. The molecule has 7 heteroatoms. The molecule has 3 aliphatic rings. The van der Waals surface area contributed by atoms with Gasteiger partial charge in [-0.1, -0.05) is 6.07 Å². The van der Waals surface area contributed by atoms with Gasteiger partial charge in [0.1, 0.15) is 5.82 Å². The van der Waals surface area contributed by atoms with Gasteiger partial charge in [-0.05, 0) is 73.1 Å². The first-order valence-electron chi connectivity index (χ1n) is 10.9. The topological polar surface area (TPSA) is 71.5 Å². The number of carbonyl (C=O) groups is 2. The van der Waals surface area contributed by atoms with E-state index >= 15 is 4.39 Å². The number of rotatable bonds is 3. The Morgan fingerprint density at radius 1 is 1.10 bits per heavy atom. The van der Waals surface area contributed by atoms with E-state index in [0.717, 1.165) is 41.6 Å². The second kappa shape index (κ2) is 7.41. The first-order valence-corrected chi connectivity index (χ1v) is 10.9. The van der Waals surface area contributed by atoms with Crippen LogP contribution < -0.4 is 10.2 Å². The smallest absolute Gasteiger partial charge is 0.264 e. The number of anilines is 2. The summed E-state index contributed by atoms with van der Waals surface area (Å²) >= 11 is 0. The summed E-state index contributed by atoms with van der Waals surface area (Å²) < 4.78 is 20.6. The first-order chi connectivity index (χ1) is 14.9. The predicted molar refractivity (Wildman–Crippen MR) is 116 cm³/mol. The molecule has 5 rings (SSSR count). The van der Waals surface area contributed by atoms with Crippen molar-refractivity contribution in [3.8, 4) is 11.1 Å². The van der Waals surface area contributed by atoms with Crippen LogP contribution in [-0.4, -0.2) is 42.2 Å². The third-order valence-electron chi connectivity index (χ3n) is 6.94. The van der Waals surface area contributed by atoms with E-state index in [9.17, 15) is 9.59 Å². The Hall–Kier alpha value is -2.80. The SMILES string of the molecule is CC(=O)Nc1cc(-c2ccc3c(c2)C2(CCOCC2)CN3C(=O)C2(F)CCC2)ccn1. The number of nitrogens with one attached hydrogen (secondary N) is 1. The van der Waals surface area contributed by atoms with E-state index in [1.54, 1.807) is 11.1 Å². The number of nitrogens with zero attached hydrogens (tertiary/aromatic N) is 2. The molecule has 1 aromatic carbocycles. The molecule has 31 heavy (non-hydrogen) atoms. The monoisotopic (exact) mass is 423 g/mol. The van der Waals surface area contributed by atoms with Gasteiger partial charge in [0.2, 0.25) is 5.91 Å². The molecule has 1 aromatic heterocycles. The number of amides is 2. The molecular formula is C24H26FN3O3. The first kappa shape index (κ1) is 20.1. The highest BCUT2D eigenvalue weighted by Gasteiger charge is 2.53. The van der Waals surface area contributed by atoms with E-state index in [0.29, 0.717) is 38.4 Å². The van der Waals surface area contributed by atoms with Gasteiger partial charge in [0, 0.05) is 44.0 Å². The molecule has 1 saturated carbocycles. The molecular weight excluding hydrogens is 397 g/mol. The average molecular weight is 423 g/mol. The molecule has 0 bridgehead atoms.